The summed E-state index contributed by atoms with van der Waals surface area (Å²) in [5, 5.41) is 30.3. The third kappa shape index (κ3) is 3.35. The molecule has 4 saturated carbocycles. The molecule has 4 aliphatic carbocycles. The summed E-state index contributed by atoms with van der Waals surface area (Å²) in [6.45, 7) is 4.70. The Hall–Kier alpha value is -0.610. The number of aliphatic hydroxyl groups is 2. The third-order valence-electron chi connectivity index (χ3n) is 9.57. The van der Waals surface area contributed by atoms with Crippen LogP contribution in [0.25, 0.3) is 0 Å². The highest BCUT2D eigenvalue weighted by molar-refractivity contribution is 5.66. The molecule has 0 heterocycles. The molecule has 0 aromatic rings. The Bertz CT molecular complexity index is 563. The minimum absolute atomic E-state index is 0.172. The van der Waals surface area contributed by atoms with Gasteiger partial charge in [-0.1, -0.05) is 13.8 Å². The van der Waals surface area contributed by atoms with E-state index in [1.165, 1.54) is 25.7 Å². The summed E-state index contributed by atoms with van der Waals surface area (Å²) >= 11 is 0. The fourth-order valence-electron chi connectivity index (χ4n) is 8.19. The second-order valence-corrected chi connectivity index (χ2v) is 10.7. The van der Waals surface area contributed by atoms with Crippen LogP contribution in [-0.2, 0) is 4.79 Å². The zero-order valence-corrected chi connectivity index (χ0v) is 17.0. The van der Waals surface area contributed by atoms with E-state index in [0.29, 0.717) is 46.8 Å². The molecule has 3 N–H and O–H groups in total. The van der Waals surface area contributed by atoms with Crippen molar-refractivity contribution in [3.8, 4) is 0 Å². The highest BCUT2D eigenvalue weighted by atomic mass is 16.4. The highest BCUT2D eigenvalue weighted by Crippen LogP contribution is 2.64. The smallest absolute Gasteiger partial charge is 0.303 e. The zero-order chi connectivity index (χ0) is 19.3. The first-order valence-corrected chi connectivity index (χ1v) is 11.4. The van der Waals surface area contributed by atoms with Crippen molar-refractivity contribution in [3.05, 3.63) is 0 Å². The van der Waals surface area contributed by atoms with Crippen molar-refractivity contribution in [2.75, 3.05) is 0 Å². The molecule has 4 fully saturated rings. The molecular weight excluding hydrogens is 340 g/mol. The van der Waals surface area contributed by atoms with E-state index in [-0.39, 0.29) is 18.6 Å². The molecule has 0 radical (unpaired) electrons. The van der Waals surface area contributed by atoms with Crippen molar-refractivity contribution in [1.82, 2.24) is 0 Å². The number of hydrogen-bond acceptors (Lipinski definition) is 3. The predicted molar refractivity (Wildman–Crippen MR) is 104 cm³/mol. The van der Waals surface area contributed by atoms with E-state index in [9.17, 15) is 15.0 Å². The van der Waals surface area contributed by atoms with Gasteiger partial charge in [-0.3, -0.25) is 4.79 Å². The molecule has 0 aromatic heterocycles. The number of aliphatic hydroxyl groups excluding tert-OH is 2. The van der Waals surface area contributed by atoms with Gasteiger partial charge in [-0.25, -0.2) is 0 Å². The van der Waals surface area contributed by atoms with E-state index in [1.807, 2.05) is 0 Å². The van der Waals surface area contributed by atoms with Crippen LogP contribution in [0.2, 0.25) is 0 Å². The molecule has 10 atom stereocenters. The number of aliphatic carboxylic acids is 1. The monoisotopic (exact) mass is 378 g/mol. The van der Waals surface area contributed by atoms with Crippen LogP contribution in [0.3, 0.4) is 0 Å². The van der Waals surface area contributed by atoms with E-state index in [4.69, 9.17) is 5.11 Å². The van der Waals surface area contributed by atoms with Gasteiger partial charge in [0, 0.05) is 6.42 Å². The number of carbonyl (C=O) groups is 1. The normalized spacial score (nSPS) is 50.4. The molecule has 4 nitrogen and oxygen atoms in total. The quantitative estimate of drug-likeness (QED) is 0.688. The first kappa shape index (κ1) is 19.7. The van der Waals surface area contributed by atoms with E-state index < -0.39 is 5.97 Å². The Balaban J connectivity index is 1.50. The van der Waals surface area contributed by atoms with E-state index in [1.54, 1.807) is 0 Å². The molecular formula is C23H38O4. The van der Waals surface area contributed by atoms with Gasteiger partial charge in [0.25, 0.3) is 0 Å². The molecule has 0 aromatic carbocycles. The topological polar surface area (TPSA) is 77.8 Å². The molecule has 4 heteroatoms. The first-order chi connectivity index (χ1) is 12.8. The maximum absolute atomic E-state index is 11.1. The van der Waals surface area contributed by atoms with Gasteiger partial charge in [0.05, 0.1) is 12.2 Å². The maximum atomic E-state index is 11.1. The molecule has 4 aliphatic rings. The van der Waals surface area contributed by atoms with Gasteiger partial charge >= 0.3 is 5.97 Å². The lowest BCUT2D eigenvalue weighted by Gasteiger charge is -2.60. The highest BCUT2D eigenvalue weighted by Gasteiger charge is 2.59. The summed E-state index contributed by atoms with van der Waals surface area (Å²) < 4.78 is 0. The van der Waals surface area contributed by atoms with Crippen LogP contribution >= 0.6 is 0 Å². The molecule has 0 unspecified atom stereocenters. The van der Waals surface area contributed by atoms with Crippen LogP contribution in [0.5, 0.6) is 0 Å². The van der Waals surface area contributed by atoms with Crippen LogP contribution in [0.4, 0.5) is 0 Å². The van der Waals surface area contributed by atoms with Gasteiger partial charge < -0.3 is 15.3 Å². The second-order valence-electron chi connectivity index (χ2n) is 10.7. The van der Waals surface area contributed by atoms with E-state index in [2.05, 4.69) is 13.8 Å². The van der Waals surface area contributed by atoms with Gasteiger partial charge in [-0.15, -0.1) is 0 Å². The molecule has 0 spiro atoms. The first-order valence-electron chi connectivity index (χ1n) is 11.4. The number of fused-ring (bicyclic) bond motifs is 5. The summed E-state index contributed by atoms with van der Waals surface area (Å²) in [6, 6.07) is 0. The fraction of sp³-hybridized carbons (Fsp3) is 0.957. The molecule has 0 bridgehead atoms. The van der Waals surface area contributed by atoms with Crippen molar-refractivity contribution < 1.29 is 20.1 Å². The largest absolute Gasteiger partial charge is 0.481 e. The summed E-state index contributed by atoms with van der Waals surface area (Å²) in [5.41, 5.74) is 0.293. The van der Waals surface area contributed by atoms with Crippen LogP contribution in [-0.4, -0.2) is 33.5 Å². The van der Waals surface area contributed by atoms with Crippen LogP contribution < -0.4 is 0 Å². The second kappa shape index (κ2) is 7.33. The molecule has 0 amide bonds. The van der Waals surface area contributed by atoms with Crippen LogP contribution in [0.15, 0.2) is 0 Å². The van der Waals surface area contributed by atoms with Gasteiger partial charge in [0.2, 0.25) is 0 Å². The Morgan fingerprint density at radius 1 is 1.07 bits per heavy atom. The summed E-state index contributed by atoms with van der Waals surface area (Å²) in [4.78, 5) is 11.0. The zero-order valence-electron chi connectivity index (χ0n) is 17.0. The molecule has 0 saturated heterocycles. The molecule has 154 valence electrons. The lowest BCUT2D eigenvalue weighted by atomic mass is 9.46. The minimum Gasteiger partial charge on any atom is -0.481 e. The maximum Gasteiger partial charge on any atom is 0.303 e. The SMILES string of the molecule is C[C@@H](CCC(=O)O)[C@H]1CC[C@H]2[C@@H]1CC[C@@H]1[C@@H]2[C@H](O)C[C@@H]2C[C@H](O)CC[C@@]21C. The number of rotatable bonds is 4. The average Bonchev–Trinajstić information content (AvgIpc) is 3.05. The number of carboxylic acid groups (broad SMARTS) is 1. The van der Waals surface area contributed by atoms with Crippen molar-refractivity contribution in [1.29, 1.82) is 0 Å². The Morgan fingerprint density at radius 2 is 1.81 bits per heavy atom. The summed E-state index contributed by atoms with van der Waals surface area (Å²) in [7, 11) is 0. The van der Waals surface area contributed by atoms with Crippen molar-refractivity contribution in [3.63, 3.8) is 0 Å². The van der Waals surface area contributed by atoms with Crippen LogP contribution in [0.1, 0.15) is 78.1 Å². The van der Waals surface area contributed by atoms with Gasteiger partial charge in [0.15, 0.2) is 0 Å². The van der Waals surface area contributed by atoms with Crippen molar-refractivity contribution in [2.24, 2.45) is 46.8 Å². The molecule has 27 heavy (non-hydrogen) atoms. The lowest BCUT2D eigenvalue weighted by Crippen LogP contribution is -2.56. The summed E-state index contributed by atoms with van der Waals surface area (Å²) in [6.07, 6.45) is 9.38. The van der Waals surface area contributed by atoms with Crippen molar-refractivity contribution in [2.45, 2.75) is 90.3 Å². The minimum atomic E-state index is -0.679. The van der Waals surface area contributed by atoms with Crippen molar-refractivity contribution >= 4 is 5.97 Å². The van der Waals surface area contributed by atoms with Crippen LogP contribution in [0, 0.1) is 46.8 Å². The Kier molecular flexibility index (Phi) is 5.35. The standard InChI is InChI=1S/C23H38O4/c1-13(3-8-21(26)27)16-4-5-18-17(16)6-7-19-22(18)20(25)12-14-11-15(24)9-10-23(14,19)2/h13-20,22,24-25H,3-12H2,1-2H3,(H,26,27)/t13-,14-,15+,16+,17+,18-,19+,20+,22+,23-/m0/s1. The Labute approximate surface area is 163 Å². The van der Waals surface area contributed by atoms with Gasteiger partial charge in [-0.05, 0) is 105 Å². The number of hydrogen-bond donors (Lipinski definition) is 3. The number of carboxylic acids is 1. The lowest BCUT2D eigenvalue weighted by molar-refractivity contribution is -0.158. The molecule has 4 rings (SSSR count). The van der Waals surface area contributed by atoms with E-state index in [0.717, 1.165) is 32.1 Å². The van der Waals surface area contributed by atoms with Gasteiger partial charge in [-0.2, -0.15) is 0 Å². The summed E-state index contributed by atoms with van der Waals surface area (Å²) in [5.74, 6) is 3.24. The van der Waals surface area contributed by atoms with Gasteiger partial charge in [0.1, 0.15) is 0 Å². The third-order valence-corrected chi connectivity index (χ3v) is 9.57. The molecule has 0 aliphatic heterocycles. The van der Waals surface area contributed by atoms with E-state index >= 15 is 0 Å². The fourth-order valence-corrected chi connectivity index (χ4v) is 8.19. The average molecular weight is 379 g/mol. The predicted octanol–water partition coefficient (Wildman–Crippen LogP) is 4.09. The Morgan fingerprint density at radius 3 is 2.56 bits per heavy atom.